The molecule has 0 N–H and O–H groups in total. The molecule has 0 spiro atoms. The number of methoxy groups -OCH3 is 1. The van der Waals surface area contributed by atoms with E-state index in [1.807, 2.05) is 71.3 Å². The molecule has 0 amide bonds. The molecule has 35 heavy (non-hydrogen) atoms. The first-order valence-electron chi connectivity index (χ1n) is 11.6. The predicted molar refractivity (Wildman–Crippen MR) is 137 cm³/mol. The number of rotatable bonds is 4. The van der Waals surface area contributed by atoms with E-state index in [-0.39, 0.29) is 17.8 Å². The van der Waals surface area contributed by atoms with E-state index in [0.717, 1.165) is 40.7 Å². The standard InChI is InChI=1S/C27H25N5O3/c1-29-24-23(31-16-6-15-30(26(31)28-24)20-11-13-21(35-2)14-12-20)25(33)32(27(29)34)17-19-9-5-8-18-7-3-4-10-22(18)19/h3-5,7-14H,6,15-17H2,1-2H3. The van der Waals surface area contributed by atoms with Gasteiger partial charge in [0.05, 0.1) is 13.7 Å². The number of hydrogen-bond acceptors (Lipinski definition) is 5. The lowest BCUT2D eigenvalue weighted by molar-refractivity contribution is 0.415. The van der Waals surface area contributed by atoms with Crippen LogP contribution in [0.15, 0.2) is 76.3 Å². The summed E-state index contributed by atoms with van der Waals surface area (Å²) < 4.78 is 10.0. The monoisotopic (exact) mass is 467 g/mol. The minimum absolute atomic E-state index is 0.200. The highest BCUT2D eigenvalue weighted by Gasteiger charge is 2.27. The average Bonchev–Trinajstić information content (AvgIpc) is 3.30. The number of aryl methyl sites for hydroxylation is 2. The highest BCUT2D eigenvalue weighted by molar-refractivity contribution is 5.85. The summed E-state index contributed by atoms with van der Waals surface area (Å²) in [6.45, 7) is 1.64. The van der Waals surface area contributed by atoms with Gasteiger partial charge in [-0.15, -0.1) is 0 Å². The van der Waals surface area contributed by atoms with E-state index < -0.39 is 0 Å². The zero-order valence-corrected chi connectivity index (χ0v) is 19.6. The molecule has 0 atom stereocenters. The summed E-state index contributed by atoms with van der Waals surface area (Å²) in [5.41, 5.74) is 2.07. The third kappa shape index (κ3) is 3.32. The van der Waals surface area contributed by atoms with Crippen molar-refractivity contribution in [3.8, 4) is 5.75 Å². The van der Waals surface area contributed by atoms with Gasteiger partial charge >= 0.3 is 5.69 Å². The Kier molecular flexibility index (Phi) is 4.95. The molecule has 8 nitrogen and oxygen atoms in total. The first kappa shape index (κ1) is 21.2. The van der Waals surface area contributed by atoms with E-state index in [0.29, 0.717) is 23.7 Å². The summed E-state index contributed by atoms with van der Waals surface area (Å²) in [7, 11) is 3.32. The van der Waals surface area contributed by atoms with Gasteiger partial charge in [-0.25, -0.2) is 4.79 Å². The summed E-state index contributed by atoms with van der Waals surface area (Å²) >= 11 is 0. The Labute approximate surface area is 201 Å². The van der Waals surface area contributed by atoms with Gasteiger partial charge in [0.2, 0.25) is 5.95 Å². The van der Waals surface area contributed by atoms with Crippen LogP contribution in [0.3, 0.4) is 0 Å². The van der Waals surface area contributed by atoms with Crippen LogP contribution in [0.25, 0.3) is 21.9 Å². The number of imidazole rings is 1. The Balaban J connectivity index is 1.52. The molecule has 3 heterocycles. The maximum Gasteiger partial charge on any atom is 0.332 e. The number of fused-ring (bicyclic) bond motifs is 4. The molecule has 8 heteroatoms. The van der Waals surface area contributed by atoms with Crippen LogP contribution in [0.5, 0.6) is 5.75 Å². The SMILES string of the molecule is COc1ccc(N2CCCn3c2nc2c3c(=O)n(Cc3cccc4ccccc34)c(=O)n2C)cc1. The molecule has 1 aliphatic rings. The van der Waals surface area contributed by atoms with Gasteiger partial charge in [-0.2, -0.15) is 4.98 Å². The first-order chi connectivity index (χ1) is 17.1. The molecule has 1 aliphatic heterocycles. The number of aromatic nitrogens is 4. The minimum atomic E-state index is -0.373. The van der Waals surface area contributed by atoms with Crippen molar-refractivity contribution in [2.75, 3.05) is 18.6 Å². The molecule has 3 aromatic carbocycles. The van der Waals surface area contributed by atoms with Crippen molar-refractivity contribution < 1.29 is 4.74 Å². The Bertz CT molecular complexity index is 1690. The second-order valence-corrected chi connectivity index (χ2v) is 8.81. The molecule has 0 radical (unpaired) electrons. The topological polar surface area (TPSA) is 74.3 Å². The van der Waals surface area contributed by atoms with Crippen LogP contribution < -0.4 is 20.9 Å². The summed E-state index contributed by atoms with van der Waals surface area (Å²) in [6, 6.07) is 21.7. The van der Waals surface area contributed by atoms with Crippen LogP contribution >= 0.6 is 0 Å². The predicted octanol–water partition coefficient (Wildman–Crippen LogP) is 3.65. The van der Waals surface area contributed by atoms with Gasteiger partial charge in [-0.3, -0.25) is 13.9 Å². The quantitative estimate of drug-likeness (QED) is 0.403. The van der Waals surface area contributed by atoms with E-state index in [2.05, 4.69) is 4.90 Å². The van der Waals surface area contributed by atoms with Gasteiger partial charge in [0, 0.05) is 25.8 Å². The smallest absolute Gasteiger partial charge is 0.332 e. The number of ether oxygens (including phenoxy) is 1. The fraction of sp³-hybridized carbons (Fsp3) is 0.222. The number of nitrogens with zero attached hydrogens (tertiary/aromatic N) is 5. The van der Waals surface area contributed by atoms with Gasteiger partial charge in [0.25, 0.3) is 5.56 Å². The van der Waals surface area contributed by atoms with Crippen LogP contribution in [-0.4, -0.2) is 32.3 Å². The third-order valence-electron chi connectivity index (χ3n) is 6.81. The molecule has 0 fully saturated rings. The molecule has 2 aromatic heterocycles. The van der Waals surface area contributed by atoms with E-state index in [9.17, 15) is 9.59 Å². The second-order valence-electron chi connectivity index (χ2n) is 8.81. The van der Waals surface area contributed by atoms with Crippen molar-refractivity contribution in [3.05, 3.63) is 93.1 Å². The molecule has 0 aliphatic carbocycles. The number of anilines is 2. The third-order valence-corrected chi connectivity index (χ3v) is 6.81. The van der Waals surface area contributed by atoms with Gasteiger partial charge in [-0.05, 0) is 47.0 Å². The molecule has 6 rings (SSSR count). The van der Waals surface area contributed by atoms with Crippen molar-refractivity contribution in [2.24, 2.45) is 7.05 Å². The first-order valence-corrected chi connectivity index (χ1v) is 11.6. The fourth-order valence-electron chi connectivity index (χ4n) is 5.01. The summed E-state index contributed by atoms with van der Waals surface area (Å²) in [5.74, 6) is 1.45. The van der Waals surface area contributed by atoms with Crippen LogP contribution in [0.2, 0.25) is 0 Å². The van der Waals surface area contributed by atoms with Crippen molar-refractivity contribution in [1.82, 2.24) is 18.7 Å². The normalized spacial score (nSPS) is 13.4. The van der Waals surface area contributed by atoms with Crippen molar-refractivity contribution in [3.63, 3.8) is 0 Å². The molecule has 176 valence electrons. The van der Waals surface area contributed by atoms with Crippen molar-refractivity contribution in [1.29, 1.82) is 0 Å². The van der Waals surface area contributed by atoms with E-state index >= 15 is 0 Å². The highest BCUT2D eigenvalue weighted by atomic mass is 16.5. The summed E-state index contributed by atoms with van der Waals surface area (Å²) in [5, 5.41) is 2.11. The molecular weight excluding hydrogens is 442 g/mol. The molecule has 0 unspecified atom stereocenters. The summed E-state index contributed by atoms with van der Waals surface area (Å²) in [6.07, 6.45) is 0.857. The Hall–Kier alpha value is -4.33. The maximum atomic E-state index is 13.8. The lowest BCUT2D eigenvalue weighted by Crippen LogP contribution is -2.40. The zero-order valence-electron chi connectivity index (χ0n) is 19.6. The molecule has 0 saturated heterocycles. The van der Waals surface area contributed by atoms with Gasteiger partial charge in [0.15, 0.2) is 11.2 Å². The molecule has 0 bridgehead atoms. The number of benzene rings is 3. The fourth-order valence-corrected chi connectivity index (χ4v) is 5.01. The van der Waals surface area contributed by atoms with Crippen molar-refractivity contribution >= 4 is 33.6 Å². The van der Waals surface area contributed by atoms with Crippen LogP contribution in [0, 0.1) is 0 Å². The molecular formula is C27H25N5O3. The van der Waals surface area contributed by atoms with Crippen molar-refractivity contribution in [2.45, 2.75) is 19.5 Å². The Morgan fingerprint density at radius 1 is 0.943 bits per heavy atom. The molecule has 0 saturated carbocycles. The highest BCUT2D eigenvalue weighted by Crippen LogP contribution is 2.32. The largest absolute Gasteiger partial charge is 0.497 e. The second kappa shape index (κ2) is 8.16. The minimum Gasteiger partial charge on any atom is -0.497 e. The van der Waals surface area contributed by atoms with Gasteiger partial charge < -0.3 is 14.2 Å². The van der Waals surface area contributed by atoms with Crippen LogP contribution in [0.1, 0.15) is 12.0 Å². The molecule has 5 aromatic rings. The average molecular weight is 468 g/mol. The van der Waals surface area contributed by atoms with E-state index in [1.165, 1.54) is 9.13 Å². The lowest BCUT2D eigenvalue weighted by Gasteiger charge is -2.29. The van der Waals surface area contributed by atoms with Gasteiger partial charge in [0.1, 0.15) is 5.75 Å². The Morgan fingerprint density at radius 2 is 1.71 bits per heavy atom. The van der Waals surface area contributed by atoms with Crippen LogP contribution in [-0.2, 0) is 20.1 Å². The van der Waals surface area contributed by atoms with Gasteiger partial charge in [-0.1, -0.05) is 42.5 Å². The maximum absolute atomic E-state index is 13.8. The zero-order chi connectivity index (χ0) is 24.1. The van der Waals surface area contributed by atoms with E-state index in [4.69, 9.17) is 9.72 Å². The van der Waals surface area contributed by atoms with Crippen LogP contribution in [0.4, 0.5) is 11.6 Å². The lowest BCUT2D eigenvalue weighted by atomic mass is 10.0. The Morgan fingerprint density at radius 3 is 2.51 bits per heavy atom. The van der Waals surface area contributed by atoms with E-state index in [1.54, 1.807) is 14.2 Å². The summed E-state index contributed by atoms with van der Waals surface area (Å²) in [4.78, 5) is 33.9. The number of hydrogen-bond donors (Lipinski definition) is 0.